The van der Waals surface area contributed by atoms with Gasteiger partial charge < -0.3 is 9.40 Å². The third-order valence-corrected chi connectivity index (χ3v) is 4.80. The monoisotopic (exact) mass is 361 g/mol. The number of hydrogen-bond acceptors (Lipinski definition) is 4. The van der Waals surface area contributed by atoms with Crippen LogP contribution in [0.5, 0.6) is 0 Å². The zero-order valence-electron chi connectivity index (χ0n) is 15.8. The summed E-state index contributed by atoms with van der Waals surface area (Å²) < 4.78 is 5.65. The molecule has 0 radical (unpaired) electrons. The minimum atomic E-state index is -0.235. The van der Waals surface area contributed by atoms with Crippen molar-refractivity contribution >= 4 is 22.1 Å². The predicted octanol–water partition coefficient (Wildman–Crippen LogP) is 4.42. The van der Waals surface area contributed by atoms with Gasteiger partial charge in [0.2, 0.25) is 5.58 Å². The zero-order chi connectivity index (χ0) is 19.0. The van der Waals surface area contributed by atoms with Crippen molar-refractivity contribution in [3.05, 3.63) is 75.8 Å². The lowest BCUT2D eigenvalue weighted by Gasteiger charge is -2.16. The molecule has 1 N–H and O–H groups in total. The number of H-pyrrole nitrogens is 1. The van der Waals surface area contributed by atoms with Crippen molar-refractivity contribution in [1.29, 1.82) is 0 Å². The van der Waals surface area contributed by atoms with E-state index in [-0.39, 0.29) is 11.1 Å². The van der Waals surface area contributed by atoms with Crippen molar-refractivity contribution in [2.45, 2.75) is 32.9 Å². The topological polar surface area (TPSA) is 62.1 Å². The Morgan fingerprint density at radius 2 is 1.81 bits per heavy atom. The third kappa shape index (κ3) is 3.51. The van der Waals surface area contributed by atoms with Crippen molar-refractivity contribution in [2.24, 2.45) is 0 Å². The first kappa shape index (κ1) is 17.5. The van der Waals surface area contributed by atoms with Gasteiger partial charge in [-0.3, -0.25) is 9.69 Å². The lowest BCUT2D eigenvalue weighted by Crippen LogP contribution is -2.21. The molecule has 0 saturated heterocycles. The van der Waals surface area contributed by atoms with Gasteiger partial charge in [0.15, 0.2) is 0 Å². The van der Waals surface area contributed by atoms with E-state index in [1.807, 2.05) is 31.3 Å². The summed E-state index contributed by atoms with van der Waals surface area (Å²) in [7, 11) is 2.02. The van der Waals surface area contributed by atoms with Crippen LogP contribution in [0.25, 0.3) is 22.1 Å². The Labute approximate surface area is 157 Å². The smallest absolute Gasteiger partial charge is 0.294 e. The maximum Gasteiger partial charge on any atom is 0.294 e. The van der Waals surface area contributed by atoms with Crippen LogP contribution in [0.15, 0.2) is 57.7 Å². The number of furan rings is 1. The molecule has 0 saturated carbocycles. The van der Waals surface area contributed by atoms with E-state index in [4.69, 9.17) is 4.42 Å². The molecular weight excluding hydrogens is 338 g/mol. The summed E-state index contributed by atoms with van der Waals surface area (Å²) in [5.41, 5.74) is 3.93. The van der Waals surface area contributed by atoms with Crippen LogP contribution in [0, 0.1) is 0 Å². The van der Waals surface area contributed by atoms with Crippen LogP contribution in [0.4, 0.5) is 0 Å². The fourth-order valence-corrected chi connectivity index (χ4v) is 3.35. The molecule has 0 fully saturated rings. The number of hydrogen-bond donors (Lipinski definition) is 1. The first-order valence-corrected chi connectivity index (χ1v) is 9.19. The molecule has 0 unspecified atom stereocenters. The van der Waals surface area contributed by atoms with Crippen LogP contribution in [-0.4, -0.2) is 21.9 Å². The van der Waals surface area contributed by atoms with Crippen molar-refractivity contribution in [1.82, 2.24) is 14.9 Å². The average Bonchev–Trinajstić information content (AvgIpc) is 3.01. The predicted molar refractivity (Wildman–Crippen MR) is 108 cm³/mol. The standard InChI is InChI=1S/C22H23N3O2/c1-14(2)16-10-8-15(9-11-16)12-25(3)13-19-23-20-17-6-4-5-7-18(17)27-21(20)22(26)24-19/h4-11,14H,12-13H2,1-3H3,(H,23,24,26). The number of rotatable bonds is 5. The van der Waals surface area contributed by atoms with Crippen molar-refractivity contribution in [3.8, 4) is 0 Å². The number of benzene rings is 2. The normalized spacial score (nSPS) is 11.9. The molecular formula is C22H23N3O2. The van der Waals surface area contributed by atoms with Crippen molar-refractivity contribution in [3.63, 3.8) is 0 Å². The van der Waals surface area contributed by atoms with Crippen molar-refractivity contribution < 1.29 is 4.42 Å². The molecule has 0 bridgehead atoms. The van der Waals surface area contributed by atoms with E-state index in [0.717, 1.165) is 11.9 Å². The van der Waals surface area contributed by atoms with E-state index >= 15 is 0 Å². The van der Waals surface area contributed by atoms with Gasteiger partial charge in [-0.1, -0.05) is 50.2 Å². The first-order valence-electron chi connectivity index (χ1n) is 9.19. The molecule has 2 aromatic heterocycles. The second kappa shape index (κ2) is 7.00. The summed E-state index contributed by atoms with van der Waals surface area (Å²) in [6.07, 6.45) is 0. The van der Waals surface area contributed by atoms with Gasteiger partial charge in [-0.25, -0.2) is 4.98 Å². The first-order chi connectivity index (χ1) is 13.0. The number of fused-ring (bicyclic) bond motifs is 3. The Kier molecular flexibility index (Phi) is 4.54. The molecule has 2 aromatic carbocycles. The number of aromatic amines is 1. The minimum Gasteiger partial charge on any atom is -0.449 e. The Bertz CT molecular complexity index is 1140. The fraction of sp³-hybridized carbons (Fsp3) is 0.273. The second-order valence-electron chi connectivity index (χ2n) is 7.36. The van der Waals surface area contributed by atoms with Crippen LogP contribution in [0.2, 0.25) is 0 Å². The molecule has 5 nitrogen and oxygen atoms in total. The molecule has 4 aromatic rings. The van der Waals surface area contributed by atoms with E-state index in [2.05, 4.69) is 53.0 Å². The summed E-state index contributed by atoms with van der Waals surface area (Å²) in [6.45, 7) is 5.72. The molecule has 2 heterocycles. The van der Waals surface area contributed by atoms with E-state index in [1.165, 1.54) is 11.1 Å². The van der Waals surface area contributed by atoms with Gasteiger partial charge in [-0.15, -0.1) is 0 Å². The third-order valence-electron chi connectivity index (χ3n) is 4.80. The molecule has 0 aliphatic carbocycles. The maximum atomic E-state index is 12.4. The lowest BCUT2D eigenvalue weighted by molar-refractivity contribution is 0.310. The summed E-state index contributed by atoms with van der Waals surface area (Å²) >= 11 is 0. The van der Waals surface area contributed by atoms with Gasteiger partial charge >= 0.3 is 0 Å². The summed E-state index contributed by atoms with van der Waals surface area (Å²) in [5, 5.41) is 0.867. The van der Waals surface area contributed by atoms with Crippen LogP contribution >= 0.6 is 0 Å². The van der Waals surface area contributed by atoms with Crippen LogP contribution in [0.1, 0.15) is 36.7 Å². The minimum absolute atomic E-state index is 0.235. The van der Waals surface area contributed by atoms with Gasteiger partial charge in [-0.2, -0.15) is 0 Å². The van der Waals surface area contributed by atoms with Gasteiger partial charge in [0.1, 0.15) is 16.9 Å². The molecule has 5 heteroatoms. The van der Waals surface area contributed by atoms with Crippen LogP contribution in [-0.2, 0) is 13.1 Å². The SMILES string of the molecule is CC(C)c1ccc(CN(C)Cc2nc3c(oc4ccccc43)c(=O)[nH]2)cc1. The number of para-hydroxylation sites is 1. The molecule has 4 rings (SSSR count). The Hall–Kier alpha value is -2.92. The van der Waals surface area contributed by atoms with Crippen LogP contribution in [0.3, 0.4) is 0 Å². The summed E-state index contributed by atoms with van der Waals surface area (Å²) in [4.78, 5) is 22.0. The second-order valence-corrected chi connectivity index (χ2v) is 7.36. The molecule has 138 valence electrons. The number of nitrogens with zero attached hydrogens (tertiary/aromatic N) is 2. The van der Waals surface area contributed by atoms with Gasteiger partial charge in [0, 0.05) is 11.9 Å². The highest BCUT2D eigenvalue weighted by atomic mass is 16.3. The van der Waals surface area contributed by atoms with E-state index in [1.54, 1.807) is 0 Å². The molecule has 0 spiro atoms. The fourth-order valence-electron chi connectivity index (χ4n) is 3.35. The highest BCUT2D eigenvalue weighted by Gasteiger charge is 2.14. The highest BCUT2D eigenvalue weighted by molar-refractivity contribution is 6.01. The van der Waals surface area contributed by atoms with Gasteiger partial charge in [0.05, 0.1) is 6.54 Å². The maximum absolute atomic E-state index is 12.4. The molecule has 0 atom stereocenters. The van der Waals surface area contributed by atoms with Crippen molar-refractivity contribution in [2.75, 3.05) is 7.05 Å². The van der Waals surface area contributed by atoms with Crippen LogP contribution < -0.4 is 5.56 Å². The number of nitrogens with one attached hydrogen (secondary N) is 1. The van der Waals surface area contributed by atoms with Gasteiger partial charge in [-0.05, 0) is 36.2 Å². The summed E-state index contributed by atoms with van der Waals surface area (Å²) in [5.74, 6) is 1.17. The Morgan fingerprint density at radius 3 is 2.56 bits per heavy atom. The Morgan fingerprint density at radius 1 is 1.07 bits per heavy atom. The van der Waals surface area contributed by atoms with E-state index in [9.17, 15) is 4.79 Å². The Balaban J connectivity index is 1.57. The van der Waals surface area contributed by atoms with Gasteiger partial charge in [0.25, 0.3) is 5.56 Å². The largest absolute Gasteiger partial charge is 0.449 e. The quantitative estimate of drug-likeness (QED) is 0.571. The molecule has 0 aliphatic rings. The highest BCUT2D eigenvalue weighted by Crippen LogP contribution is 2.24. The molecule has 27 heavy (non-hydrogen) atoms. The molecule has 0 aliphatic heterocycles. The zero-order valence-corrected chi connectivity index (χ0v) is 15.8. The van der Waals surface area contributed by atoms with E-state index in [0.29, 0.717) is 29.4 Å². The molecule has 0 amide bonds. The summed E-state index contributed by atoms with van der Waals surface area (Å²) in [6, 6.07) is 16.3. The average molecular weight is 361 g/mol. The van der Waals surface area contributed by atoms with E-state index < -0.39 is 0 Å². The lowest BCUT2D eigenvalue weighted by atomic mass is 10.0. The number of aromatic nitrogens is 2.